The molecule has 1 atom stereocenters. The van der Waals surface area contributed by atoms with Gasteiger partial charge in [0.05, 0.1) is 11.4 Å². The van der Waals surface area contributed by atoms with Gasteiger partial charge in [0, 0.05) is 6.04 Å². The molecule has 0 radical (unpaired) electrons. The lowest BCUT2D eigenvalue weighted by Crippen LogP contribution is -2.64. The van der Waals surface area contributed by atoms with Gasteiger partial charge in [0.2, 0.25) is 5.66 Å². The molecule has 3 rings (SSSR count). The Morgan fingerprint density at radius 2 is 1.86 bits per heavy atom. The van der Waals surface area contributed by atoms with Gasteiger partial charge in [0.1, 0.15) is 0 Å². The lowest BCUT2D eigenvalue weighted by molar-refractivity contribution is -0.180. The highest BCUT2D eigenvalue weighted by atomic mass is 19.4. The molecular formula is C16H21F3N2. The van der Waals surface area contributed by atoms with Gasteiger partial charge in [-0.15, -0.1) is 0 Å². The van der Waals surface area contributed by atoms with E-state index in [1.165, 1.54) is 0 Å². The van der Waals surface area contributed by atoms with Gasteiger partial charge in [-0.05, 0) is 31.4 Å². The quantitative estimate of drug-likeness (QED) is 0.833. The monoisotopic (exact) mass is 298 g/mol. The first-order valence-corrected chi connectivity index (χ1v) is 7.73. The number of hydrogen-bond donors (Lipinski definition) is 1. The van der Waals surface area contributed by atoms with Crippen LogP contribution in [0, 0.1) is 0 Å². The maximum Gasteiger partial charge on any atom is 0.430 e. The second kappa shape index (κ2) is 5.11. The number of hydrogen-bond acceptors (Lipinski definition) is 2. The van der Waals surface area contributed by atoms with Crippen LogP contribution in [0.3, 0.4) is 0 Å². The summed E-state index contributed by atoms with van der Waals surface area (Å²) >= 11 is 0. The van der Waals surface area contributed by atoms with Crippen molar-refractivity contribution >= 4 is 11.4 Å². The van der Waals surface area contributed by atoms with Crippen LogP contribution < -0.4 is 10.2 Å². The Kier molecular flexibility index (Phi) is 3.54. The van der Waals surface area contributed by atoms with E-state index in [2.05, 4.69) is 5.32 Å². The van der Waals surface area contributed by atoms with E-state index >= 15 is 0 Å². The van der Waals surface area contributed by atoms with Crippen LogP contribution in [0.1, 0.15) is 45.4 Å². The van der Waals surface area contributed by atoms with Gasteiger partial charge >= 0.3 is 6.18 Å². The van der Waals surface area contributed by atoms with Gasteiger partial charge in [-0.1, -0.05) is 38.3 Å². The molecule has 0 spiro atoms. The summed E-state index contributed by atoms with van der Waals surface area (Å²) < 4.78 is 41.6. The molecular weight excluding hydrogens is 277 g/mol. The molecule has 0 saturated heterocycles. The minimum atomic E-state index is -4.31. The SMILES string of the molecule is CCC1(C(F)(F)F)Nc2ccccc2N1C1CCCCC1. The van der Waals surface area contributed by atoms with Crippen molar-refractivity contribution in [3.05, 3.63) is 24.3 Å². The molecule has 1 aromatic rings. The molecule has 0 bridgehead atoms. The van der Waals surface area contributed by atoms with Crippen molar-refractivity contribution in [2.24, 2.45) is 0 Å². The van der Waals surface area contributed by atoms with Crippen LogP contribution in [0.5, 0.6) is 0 Å². The lowest BCUT2D eigenvalue weighted by atomic mass is 9.91. The Morgan fingerprint density at radius 1 is 1.19 bits per heavy atom. The van der Waals surface area contributed by atoms with E-state index in [0.29, 0.717) is 11.4 Å². The zero-order valence-electron chi connectivity index (χ0n) is 12.2. The number of alkyl halides is 3. The predicted molar refractivity (Wildman–Crippen MR) is 78.5 cm³/mol. The molecule has 1 aliphatic carbocycles. The Labute approximate surface area is 123 Å². The van der Waals surface area contributed by atoms with E-state index in [9.17, 15) is 13.2 Å². The van der Waals surface area contributed by atoms with Gasteiger partial charge in [0.15, 0.2) is 0 Å². The van der Waals surface area contributed by atoms with Crippen LogP contribution in [-0.2, 0) is 0 Å². The average molecular weight is 298 g/mol. The van der Waals surface area contributed by atoms with Crippen LogP contribution in [0.15, 0.2) is 24.3 Å². The average Bonchev–Trinajstić information content (AvgIpc) is 2.83. The normalized spacial score (nSPS) is 26.6. The molecule has 1 unspecified atom stereocenters. The first-order chi connectivity index (χ1) is 9.99. The highest BCUT2D eigenvalue weighted by Crippen LogP contribution is 2.51. The summed E-state index contributed by atoms with van der Waals surface area (Å²) in [7, 11) is 0. The van der Waals surface area contributed by atoms with E-state index in [-0.39, 0.29) is 12.5 Å². The Morgan fingerprint density at radius 3 is 2.48 bits per heavy atom. The summed E-state index contributed by atoms with van der Waals surface area (Å²) in [5, 5.41) is 2.79. The third-order valence-corrected chi connectivity index (χ3v) is 4.84. The fraction of sp³-hybridized carbons (Fsp3) is 0.625. The fourth-order valence-electron chi connectivity index (χ4n) is 3.79. The van der Waals surface area contributed by atoms with Gasteiger partial charge < -0.3 is 10.2 Å². The summed E-state index contributed by atoms with van der Waals surface area (Å²) in [6.07, 6.45) is 0.536. The minimum absolute atomic E-state index is 0.00167. The number of halogens is 3. The zero-order valence-corrected chi connectivity index (χ0v) is 12.2. The Bertz CT molecular complexity index is 508. The van der Waals surface area contributed by atoms with E-state index in [4.69, 9.17) is 0 Å². The van der Waals surface area contributed by atoms with Crippen LogP contribution in [-0.4, -0.2) is 17.9 Å². The number of rotatable bonds is 2. The third kappa shape index (κ3) is 2.17. The predicted octanol–water partition coefficient (Wildman–Crippen LogP) is 4.92. The van der Waals surface area contributed by atoms with Crippen molar-refractivity contribution in [2.45, 2.75) is 63.3 Å². The van der Waals surface area contributed by atoms with Gasteiger partial charge in [-0.25, -0.2) is 0 Å². The lowest BCUT2D eigenvalue weighted by Gasteiger charge is -2.46. The molecule has 116 valence electrons. The van der Waals surface area contributed by atoms with Crippen LogP contribution in [0.25, 0.3) is 0 Å². The second-order valence-electron chi connectivity index (χ2n) is 6.02. The molecule has 2 nitrogen and oxygen atoms in total. The van der Waals surface area contributed by atoms with E-state index in [0.717, 1.165) is 32.1 Å². The first kappa shape index (κ1) is 14.5. The van der Waals surface area contributed by atoms with Crippen molar-refractivity contribution in [1.29, 1.82) is 0 Å². The molecule has 0 amide bonds. The molecule has 5 heteroatoms. The van der Waals surface area contributed by atoms with Crippen molar-refractivity contribution < 1.29 is 13.2 Å². The molecule has 1 N–H and O–H groups in total. The number of fused-ring (bicyclic) bond motifs is 1. The highest BCUT2D eigenvalue weighted by molar-refractivity contribution is 5.78. The summed E-state index contributed by atoms with van der Waals surface area (Å²) in [5.74, 6) is 0. The third-order valence-electron chi connectivity index (χ3n) is 4.84. The van der Waals surface area contributed by atoms with Crippen LogP contribution in [0.2, 0.25) is 0 Å². The number of nitrogens with zero attached hydrogens (tertiary/aromatic N) is 1. The number of nitrogens with one attached hydrogen (secondary N) is 1. The summed E-state index contributed by atoms with van der Waals surface area (Å²) in [4.78, 5) is 1.63. The summed E-state index contributed by atoms with van der Waals surface area (Å²) in [6, 6.07) is 7.12. The topological polar surface area (TPSA) is 15.3 Å². The van der Waals surface area contributed by atoms with E-state index < -0.39 is 11.8 Å². The van der Waals surface area contributed by atoms with Crippen molar-refractivity contribution in [3.63, 3.8) is 0 Å². The minimum Gasteiger partial charge on any atom is -0.354 e. The van der Waals surface area contributed by atoms with Crippen molar-refractivity contribution in [3.8, 4) is 0 Å². The van der Waals surface area contributed by atoms with Crippen LogP contribution in [0.4, 0.5) is 24.5 Å². The van der Waals surface area contributed by atoms with Gasteiger partial charge in [0.25, 0.3) is 0 Å². The maximum atomic E-state index is 13.9. The number of anilines is 2. The van der Waals surface area contributed by atoms with Crippen molar-refractivity contribution in [1.82, 2.24) is 0 Å². The largest absolute Gasteiger partial charge is 0.430 e. The van der Waals surface area contributed by atoms with E-state index in [1.54, 1.807) is 30.0 Å². The van der Waals surface area contributed by atoms with Crippen LogP contribution >= 0.6 is 0 Å². The molecule has 21 heavy (non-hydrogen) atoms. The molecule has 1 aromatic carbocycles. The fourth-order valence-corrected chi connectivity index (χ4v) is 3.79. The summed E-state index contributed by atoms with van der Waals surface area (Å²) in [6.45, 7) is 1.61. The van der Waals surface area contributed by atoms with Crippen molar-refractivity contribution in [2.75, 3.05) is 10.2 Å². The first-order valence-electron chi connectivity index (χ1n) is 7.73. The number of benzene rings is 1. The van der Waals surface area contributed by atoms with Gasteiger partial charge in [-0.2, -0.15) is 13.2 Å². The molecule has 0 aromatic heterocycles. The zero-order chi connectivity index (χ0) is 15.1. The second-order valence-corrected chi connectivity index (χ2v) is 6.02. The molecule has 2 aliphatic rings. The molecule has 1 saturated carbocycles. The standard InChI is InChI=1S/C16H21F3N2/c1-2-15(16(17,18)19)20-13-10-6-7-11-14(13)21(15)12-8-4-3-5-9-12/h6-7,10-12,20H,2-5,8-9H2,1H3. The smallest absolute Gasteiger partial charge is 0.354 e. The van der Waals surface area contributed by atoms with Gasteiger partial charge in [-0.3, -0.25) is 0 Å². The highest BCUT2D eigenvalue weighted by Gasteiger charge is 2.62. The molecule has 1 fully saturated rings. The molecule has 1 aliphatic heterocycles. The maximum absolute atomic E-state index is 13.9. The Hall–Kier alpha value is -1.39. The Balaban J connectivity index is 2.08. The number of para-hydroxylation sites is 2. The molecule has 1 heterocycles. The summed E-state index contributed by atoms with van der Waals surface area (Å²) in [5.41, 5.74) is -0.663. The van der Waals surface area contributed by atoms with E-state index in [1.807, 2.05) is 6.07 Å².